The van der Waals surface area contributed by atoms with E-state index in [2.05, 4.69) is 12.2 Å². The molecular formula is C17H22N2O5. The molecule has 7 heteroatoms. The van der Waals surface area contributed by atoms with E-state index < -0.39 is 17.0 Å². The second-order valence-electron chi connectivity index (χ2n) is 6.23. The van der Waals surface area contributed by atoms with Crippen molar-refractivity contribution in [2.45, 2.75) is 51.7 Å². The maximum Gasteiger partial charge on any atom is 0.339 e. The zero-order chi connectivity index (χ0) is 17.7. The van der Waals surface area contributed by atoms with Crippen LogP contribution in [-0.2, 0) is 9.53 Å². The lowest BCUT2D eigenvalue weighted by molar-refractivity contribution is -0.384. The van der Waals surface area contributed by atoms with Crippen LogP contribution < -0.4 is 5.32 Å². The Bertz CT molecular complexity index is 631. The summed E-state index contributed by atoms with van der Waals surface area (Å²) < 4.78 is 5.14. The molecule has 1 saturated carbocycles. The summed E-state index contributed by atoms with van der Waals surface area (Å²) in [6.07, 6.45) is 3.30. The standard InChI is InChI=1S/C17H22N2O5/c1-11-6-3-4-9-15(11)18-16(20)12(2)24-17(21)13-7-5-8-14(10-13)19(22)23/h5,7-8,10-12,15H,3-4,6,9H2,1-2H3,(H,18,20)/t11-,12-,15-/m1/s1. The summed E-state index contributed by atoms with van der Waals surface area (Å²) in [6, 6.07) is 5.35. The normalized spacial score (nSPS) is 21.6. The van der Waals surface area contributed by atoms with Gasteiger partial charge in [-0.1, -0.05) is 25.8 Å². The van der Waals surface area contributed by atoms with Gasteiger partial charge in [-0.3, -0.25) is 14.9 Å². The molecule has 1 aliphatic rings. The third kappa shape index (κ3) is 4.53. The number of amides is 1. The summed E-state index contributed by atoms with van der Waals surface area (Å²) in [5, 5.41) is 13.7. The lowest BCUT2D eigenvalue weighted by atomic mass is 9.86. The second kappa shape index (κ2) is 7.90. The first-order chi connectivity index (χ1) is 11.4. The van der Waals surface area contributed by atoms with Crippen molar-refractivity contribution in [2.75, 3.05) is 0 Å². The number of hydrogen-bond donors (Lipinski definition) is 1. The zero-order valence-corrected chi connectivity index (χ0v) is 13.9. The molecule has 2 rings (SSSR count). The van der Waals surface area contributed by atoms with Crippen molar-refractivity contribution >= 4 is 17.6 Å². The number of rotatable bonds is 5. The largest absolute Gasteiger partial charge is 0.449 e. The number of non-ortho nitro benzene ring substituents is 1. The summed E-state index contributed by atoms with van der Waals surface area (Å²) in [4.78, 5) is 34.4. The Kier molecular flexibility index (Phi) is 5.89. The van der Waals surface area contributed by atoms with E-state index in [0.717, 1.165) is 25.3 Å². The van der Waals surface area contributed by atoms with Crippen molar-refractivity contribution in [3.63, 3.8) is 0 Å². The van der Waals surface area contributed by atoms with Crippen LogP contribution in [0.25, 0.3) is 0 Å². The third-order valence-electron chi connectivity index (χ3n) is 4.38. The Morgan fingerprint density at radius 3 is 2.71 bits per heavy atom. The van der Waals surface area contributed by atoms with Gasteiger partial charge in [0.25, 0.3) is 11.6 Å². The zero-order valence-electron chi connectivity index (χ0n) is 13.9. The fourth-order valence-corrected chi connectivity index (χ4v) is 2.86. The summed E-state index contributed by atoms with van der Waals surface area (Å²) in [5.41, 5.74) is -0.146. The minimum absolute atomic E-state index is 0.0508. The number of nitro benzene ring substituents is 1. The van der Waals surface area contributed by atoms with Crippen LogP contribution in [0.1, 0.15) is 49.9 Å². The second-order valence-corrected chi connectivity index (χ2v) is 6.23. The van der Waals surface area contributed by atoms with Crippen LogP contribution in [0.3, 0.4) is 0 Å². The van der Waals surface area contributed by atoms with Crippen molar-refractivity contribution in [1.82, 2.24) is 5.32 Å². The number of nitro groups is 1. The number of hydrogen-bond acceptors (Lipinski definition) is 5. The molecule has 1 N–H and O–H groups in total. The maximum atomic E-state index is 12.2. The van der Waals surface area contributed by atoms with Crippen molar-refractivity contribution in [2.24, 2.45) is 5.92 Å². The smallest absolute Gasteiger partial charge is 0.339 e. The molecule has 0 unspecified atom stereocenters. The maximum absolute atomic E-state index is 12.2. The molecule has 130 valence electrons. The molecule has 3 atom stereocenters. The highest BCUT2D eigenvalue weighted by molar-refractivity contribution is 5.92. The highest BCUT2D eigenvalue weighted by Crippen LogP contribution is 2.24. The van der Waals surface area contributed by atoms with Gasteiger partial charge in [-0.05, 0) is 31.7 Å². The van der Waals surface area contributed by atoms with Crippen LogP contribution in [-0.4, -0.2) is 28.9 Å². The summed E-state index contributed by atoms with van der Waals surface area (Å²) >= 11 is 0. The van der Waals surface area contributed by atoms with Crippen LogP contribution >= 0.6 is 0 Å². The van der Waals surface area contributed by atoms with E-state index >= 15 is 0 Å². The highest BCUT2D eigenvalue weighted by Gasteiger charge is 2.26. The first-order valence-corrected chi connectivity index (χ1v) is 8.14. The van der Waals surface area contributed by atoms with Gasteiger partial charge in [-0.15, -0.1) is 0 Å². The van der Waals surface area contributed by atoms with Crippen LogP contribution in [0.15, 0.2) is 24.3 Å². The Morgan fingerprint density at radius 1 is 1.33 bits per heavy atom. The van der Waals surface area contributed by atoms with E-state index in [1.54, 1.807) is 0 Å². The van der Waals surface area contributed by atoms with Crippen LogP contribution in [0.2, 0.25) is 0 Å². The fourth-order valence-electron chi connectivity index (χ4n) is 2.86. The molecule has 0 aromatic heterocycles. The van der Waals surface area contributed by atoms with Gasteiger partial charge in [0.15, 0.2) is 6.10 Å². The van der Waals surface area contributed by atoms with Gasteiger partial charge in [0, 0.05) is 18.2 Å². The molecule has 7 nitrogen and oxygen atoms in total. The van der Waals surface area contributed by atoms with E-state index in [9.17, 15) is 19.7 Å². The van der Waals surface area contributed by atoms with Crippen molar-refractivity contribution in [1.29, 1.82) is 0 Å². The fraction of sp³-hybridized carbons (Fsp3) is 0.529. The molecule has 0 bridgehead atoms. The minimum atomic E-state index is -0.953. The van der Waals surface area contributed by atoms with E-state index in [4.69, 9.17) is 4.74 Å². The molecule has 0 heterocycles. The number of carbonyl (C=O) groups is 2. The number of carbonyl (C=O) groups excluding carboxylic acids is 2. The Morgan fingerprint density at radius 2 is 2.04 bits per heavy atom. The quantitative estimate of drug-likeness (QED) is 0.507. The first-order valence-electron chi connectivity index (χ1n) is 8.14. The molecule has 0 spiro atoms. The monoisotopic (exact) mass is 334 g/mol. The van der Waals surface area contributed by atoms with Gasteiger partial charge in [-0.2, -0.15) is 0 Å². The number of nitrogens with one attached hydrogen (secondary N) is 1. The van der Waals surface area contributed by atoms with Gasteiger partial charge in [0.1, 0.15) is 0 Å². The molecule has 24 heavy (non-hydrogen) atoms. The SMILES string of the molecule is C[C@@H]1CCCC[C@H]1NC(=O)[C@@H](C)OC(=O)c1cccc([N+](=O)[O-])c1. The molecule has 0 radical (unpaired) electrons. The molecular weight excluding hydrogens is 312 g/mol. The molecule has 1 aromatic rings. The van der Waals surface area contributed by atoms with Gasteiger partial charge in [-0.25, -0.2) is 4.79 Å². The van der Waals surface area contributed by atoms with Crippen LogP contribution in [0, 0.1) is 16.0 Å². The average molecular weight is 334 g/mol. The molecule has 1 amide bonds. The first kappa shape index (κ1) is 17.9. The number of ether oxygens (including phenoxy) is 1. The van der Waals surface area contributed by atoms with Crippen LogP contribution in [0.4, 0.5) is 5.69 Å². The van der Waals surface area contributed by atoms with Gasteiger partial charge < -0.3 is 10.1 Å². The van der Waals surface area contributed by atoms with E-state index in [-0.39, 0.29) is 23.2 Å². The van der Waals surface area contributed by atoms with E-state index in [1.807, 2.05) is 0 Å². The minimum Gasteiger partial charge on any atom is -0.449 e. The molecule has 1 fully saturated rings. The van der Waals surface area contributed by atoms with Crippen molar-refractivity contribution in [3.8, 4) is 0 Å². The summed E-state index contributed by atoms with van der Waals surface area (Å²) in [6.45, 7) is 3.60. The lowest BCUT2D eigenvalue weighted by Gasteiger charge is -2.30. The predicted octanol–water partition coefficient (Wildman–Crippen LogP) is 2.84. The van der Waals surface area contributed by atoms with Gasteiger partial charge in [0.2, 0.25) is 0 Å². The summed E-state index contributed by atoms with van der Waals surface area (Å²) in [7, 11) is 0. The van der Waals surface area contributed by atoms with Gasteiger partial charge in [0.05, 0.1) is 10.5 Å². The Hall–Kier alpha value is -2.44. The summed E-state index contributed by atoms with van der Waals surface area (Å²) in [5.74, 6) is -0.687. The molecule has 1 aromatic carbocycles. The topological polar surface area (TPSA) is 98.5 Å². The van der Waals surface area contributed by atoms with E-state index in [1.165, 1.54) is 31.5 Å². The van der Waals surface area contributed by atoms with Crippen molar-refractivity contribution < 1.29 is 19.2 Å². The predicted molar refractivity (Wildman–Crippen MR) is 87.5 cm³/mol. The highest BCUT2D eigenvalue weighted by atomic mass is 16.6. The Balaban J connectivity index is 1.94. The molecule has 1 aliphatic carbocycles. The average Bonchev–Trinajstić information content (AvgIpc) is 2.56. The third-order valence-corrected chi connectivity index (χ3v) is 4.38. The van der Waals surface area contributed by atoms with Crippen LogP contribution in [0.5, 0.6) is 0 Å². The molecule has 0 aliphatic heterocycles. The number of nitrogens with zero attached hydrogens (tertiary/aromatic N) is 1. The number of esters is 1. The van der Waals surface area contributed by atoms with Gasteiger partial charge >= 0.3 is 5.97 Å². The number of benzene rings is 1. The van der Waals surface area contributed by atoms with E-state index in [0.29, 0.717) is 5.92 Å². The molecule has 0 saturated heterocycles. The Labute approximate surface area is 140 Å². The van der Waals surface area contributed by atoms with Crippen molar-refractivity contribution in [3.05, 3.63) is 39.9 Å². The lowest BCUT2D eigenvalue weighted by Crippen LogP contribution is -2.45.